The number of hydrazone groups is 1. The van der Waals surface area contributed by atoms with Crippen LogP contribution in [0.15, 0.2) is 12.1 Å². The molecule has 3 N–H and O–H groups in total. The Balaban J connectivity index is 1.98. The quantitative estimate of drug-likeness (QED) is 0.635. The van der Waals surface area contributed by atoms with Crippen LogP contribution in [-0.2, 0) is 4.79 Å². The minimum Gasteiger partial charge on any atom is -0.433 e. The van der Waals surface area contributed by atoms with E-state index in [1.165, 1.54) is 26.7 Å². The second-order valence-electron chi connectivity index (χ2n) is 6.27. The summed E-state index contributed by atoms with van der Waals surface area (Å²) in [6.45, 7) is -2.79. The highest BCUT2D eigenvalue weighted by atomic mass is 35.5. The van der Waals surface area contributed by atoms with Gasteiger partial charge >= 0.3 is 18.5 Å². The Kier molecular flexibility index (Phi) is 5.84. The average Bonchev–Trinajstić information content (AvgIpc) is 2.94. The predicted octanol–water partition coefficient (Wildman–Crippen LogP) is 1.06. The minimum absolute atomic E-state index is 0.0197. The Morgan fingerprint density at radius 2 is 2.14 bits per heavy atom. The van der Waals surface area contributed by atoms with Crippen molar-refractivity contribution in [3.05, 3.63) is 22.7 Å². The molecule has 0 bridgehead atoms. The maximum absolute atomic E-state index is 12.8. The summed E-state index contributed by atoms with van der Waals surface area (Å²) < 4.78 is 31.7. The van der Waals surface area contributed by atoms with E-state index >= 15 is 0 Å². The van der Waals surface area contributed by atoms with E-state index in [0.29, 0.717) is 25.3 Å². The molecule has 0 aromatic heterocycles. The van der Waals surface area contributed by atoms with Gasteiger partial charge in [-0.15, -0.1) is 0 Å². The zero-order valence-corrected chi connectivity index (χ0v) is 16.0. The molecule has 28 heavy (non-hydrogen) atoms. The van der Waals surface area contributed by atoms with E-state index in [4.69, 9.17) is 11.6 Å². The maximum atomic E-state index is 12.8. The number of carbonyl (C=O) groups is 2. The molecule has 2 heterocycles. The smallest absolute Gasteiger partial charge is 0.397 e. The zero-order valence-electron chi connectivity index (χ0n) is 15.3. The topological polar surface area (TPSA) is 88.9 Å². The second-order valence-corrected chi connectivity index (χ2v) is 6.65. The summed E-state index contributed by atoms with van der Waals surface area (Å²) in [5.74, 6) is -0.691. The van der Waals surface area contributed by atoms with Gasteiger partial charge in [0.05, 0.1) is 24.7 Å². The number of piperidine rings is 1. The average molecular weight is 418 g/mol. The zero-order chi connectivity index (χ0) is 20.4. The van der Waals surface area contributed by atoms with Crippen molar-refractivity contribution in [3.8, 4) is 5.75 Å². The first-order chi connectivity index (χ1) is 13.3. The Morgan fingerprint density at radius 1 is 1.39 bits per heavy atom. The summed E-state index contributed by atoms with van der Waals surface area (Å²) >= 11 is 6.40. The number of guanidine groups is 1. The molecule has 152 valence electrons. The van der Waals surface area contributed by atoms with Gasteiger partial charge in [0.2, 0.25) is 5.91 Å². The Hall–Kier alpha value is -2.66. The third-order valence-corrected chi connectivity index (χ3v) is 4.76. The van der Waals surface area contributed by atoms with Crippen LogP contribution >= 0.6 is 11.6 Å². The van der Waals surface area contributed by atoms with E-state index in [1.54, 1.807) is 14.1 Å². The van der Waals surface area contributed by atoms with Crippen LogP contribution in [0.2, 0.25) is 5.02 Å². The number of alkyl halides is 2. The highest BCUT2D eigenvalue weighted by Crippen LogP contribution is 2.40. The molecule has 0 saturated carbocycles. The van der Waals surface area contributed by atoms with Crippen molar-refractivity contribution in [2.45, 2.75) is 25.9 Å². The summed E-state index contributed by atoms with van der Waals surface area (Å²) in [5, 5.41) is 4.06. The fourth-order valence-electron chi connectivity index (χ4n) is 3.02. The van der Waals surface area contributed by atoms with Gasteiger partial charge in [-0.05, 0) is 25.0 Å². The van der Waals surface area contributed by atoms with Crippen molar-refractivity contribution in [2.75, 3.05) is 25.5 Å². The van der Waals surface area contributed by atoms with Crippen molar-refractivity contribution in [1.82, 2.24) is 21.4 Å². The van der Waals surface area contributed by atoms with E-state index in [9.17, 15) is 18.4 Å². The summed E-state index contributed by atoms with van der Waals surface area (Å²) in [7, 11) is 3.34. The van der Waals surface area contributed by atoms with Gasteiger partial charge in [0.15, 0.2) is 5.75 Å². The summed E-state index contributed by atoms with van der Waals surface area (Å²) in [6, 6.07) is 2.50. The number of hydrogen-bond acceptors (Lipinski definition) is 6. The van der Waals surface area contributed by atoms with E-state index in [1.807, 2.05) is 0 Å². The van der Waals surface area contributed by atoms with Gasteiger partial charge < -0.3 is 9.64 Å². The minimum atomic E-state index is -3.09. The van der Waals surface area contributed by atoms with Crippen LogP contribution in [-0.4, -0.2) is 54.7 Å². The number of rotatable bonds is 4. The highest BCUT2D eigenvalue weighted by molar-refractivity contribution is 6.37. The number of benzene rings is 1. The van der Waals surface area contributed by atoms with Crippen molar-refractivity contribution < 1.29 is 27.8 Å². The lowest BCUT2D eigenvalue weighted by molar-refractivity contribution is -0.560. The predicted molar refractivity (Wildman–Crippen MR) is 97.0 cm³/mol. The number of nitrogens with zero attached hydrogens (tertiary/aromatic N) is 3. The summed E-state index contributed by atoms with van der Waals surface area (Å²) in [4.78, 5) is 26.4. The van der Waals surface area contributed by atoms with E-state index < -0.39 is 12.5 Å². The van der Waals surface area contributed by atoms with Crippen molar-refractivity contribution in [2.24, 2.45) is 0 Å². The lowest BCUT2D eigenvalue weighted by atomic mass is 10.1. The van der Waals surface area contributed by atoms with E-state index in [0.717, 1.165) is 0 Å². The van der Waals surface area contributed by atoms with Gasteiger partial charge in [-0.25, -0.2) is 5.32 Å². The van der Waals surface area contributed by atoms with Crippen LogP contribution in [0.4, 0.5) is 14.5 Å². The first-order valence-electron chi connectivity index (χ1n) is 8.54. The molecule has 1 saturated heterocycles. The maximum Gasteiger partial charge on any atom is 0.397 e. The van der Waals surface area contributed by atoms with Gasteiger partial charge in [-0.2, -0.15) is 24.0 Å². The summed E-state index contributed by atoms with van der Waals surface area (Å²) in [6.07, 6.45) is 1.67. The van der Waals surface area contributed by atoms with E-state index in [2.05, 4.69) is 21.1 Å². The number of hydrogen-bond donors (Lipinski definition) is 3. The van der Waals surface area contributed by atoms with Crippen LogP contribution in [0.25, 0.3) is 0 Å². The van der Waals surface area contributed by atoms with Gasteiger partial charge in [0.1, 0.15) is 5.69 Å². The number of hydrazine groups is 3. The lowest BCUT2D eigenvalue weighted by Crippen LogP contribution is -2.45. The standard InChI is InChI=1S/C16H19ClF2N6O3/c1-23-16(24(2)22-21-23)20-14(27)9-6-7-10(28-15(18)19)13(12(9)17)25-8-4-3-5-11(25)26/h6-7,15,21-22H,3-5,8H2,1-2H3/p+1. The molecule has 0 aliphatic carbocycles. The van der Waals surface area contributed by atoms with Crippen LogP contribution in [0, 0.1) is 0 Å². The number of ether oxygens (including phenoxy) is 1. The second kappa shape index (κ2) is 8.15. The number of nitrogens with one attached hydrogen (secondary N) is 3. The van der Waals surface area contributed by atoms with Crippen LogP contribution in [0.3, 0.4) is 0 Å². The highest BCUT2D eigenvalue weighted by Gasteiger charge is 2.32. The normalized spacial score (nSPS) is 17.3. The molecular weight excluding hydrogens is 398 g/mol. The molecule has 2 amide bonds. The first-order valence-corrected chi connectivity index (χ1v) is 8.92. The number of carbonyl (C=O) groups excluding carboxylic acids is 2. The molecule has 9 nitrogen and oxygen atoms in total. The molecule has 1 fully saturated rings. The van der Waals surface area contributed by atoms with Crippen LogP contribution in [0.5, 0.6) is 5.75 Å². The molecule has 2 aliphatic heterocycles. The molecule has 0 unspecified atom stereocenters. The van der Waals surface area contributed by atoms with Crippen molar-refractivity contribution in [3.63, 3.8) is 0 Å². The van der Waals surface area contributed by atoms with Gasteiger partial charge in [-0.3, -0.25) is 9.59 Å². The van der Waals surface area contributed by atoms with Crippen molar-refractivity contribution in [1.29, 1.82) is 0 Å². The fraction of sp³-hybridized carbons (Fsp3) is 0.438. The van der Waals surface area contributed by atoms with E-state index in [-0.39, 0.29) is 34.4 Å². The Morgan fingerprint density at radius 3 is 2.75 bits per heavy atom. The number of anilines is 1. The van der Waals surface area contributed by atoms with Gasteiger partial charge in [-0.1, -0.05) is 17.1 Å². The largest absolute Gasteiger partial charge is 0.433 e. The molecular formula is C16H20ClF2N6O3+. The van der Waals surface area contributed by atoms with Gasteiger partial charge in [0.25, 0.3) is 0 Å². The number of halogens is 3. The molecule has 0 spiro atoms. The molecule has 1 aromatic carbocycles. The Labute approximate surface area is 164 Å². The van der Waals surface area contributed by atoms with Crippen LogP contribution < -0.4 is 26.0 Å². The monoisotopic (exact) mass is 417 g/mol. The SMILES string of the molecule is CN1NN[N+](C)=C1NC(=O)c1ccc(OC(F)F)c(N2CCCCC2=O)c1Cl. The molecule has 1 aromatic rings. The molecule has 3 rings (SSSR count). The molecule has 2 aliphatic rings. The van der Waals surface area contributed by atoms with Gasteiger partial charge in [0, 0.05) is 13.0 Å². The molecule has 0 atom stereocenters. The third-order valence-electron chi connectivity index (χ3n) is 4.38. The molecule has 0 radical (unpaired) electrons. The fourth-order valence-corrected chi connectivity index (χ4v) is 3.37. The summed E-state index contributed by atoms with van der Waals surface area (Å²) in [5.41, 5.74) is 5.52. The van der Waals surface area contributed by atoms with Crippen molar-refractivity contribution >= 4 is 35.1 Å². The third kappa shape index (κ3) is 3.94. The lowest BCUT2D eigenvalue weighted by Gasteiger charge is -2.29. The first kappa shape index (κ1) is 20.1. The number of amides is 2. The Bertz CT molecular complexity index is 835. The molecule has 12 heteroatoms. The van der Waals surface area contributed by atoms with Crippen LogP contribution in [0.1, 0.15) is 29.6 Å².